The standard InChI is InChI=1S/C20H32O3Si/c1-6-7-8-9-10-11-18(21)14-12-17-13-15-19(20(16-17)22-2)23-24(3,4)5/h10-11,13,15-16H,6-9,12,14H2,1-5H3/b11-10+. The molecule has 4 heteroatoms. The van der Waals surface area contributed by atoms with Crippen molar-refractivity contribution in [2.24, 2.45) is 0 Å². The number of hydrogen-bond acceptors (Lipinski definition) is 3. The van der Waals surface area contributed by atoms with E-state index in [9.17, 15) is 4.79 Å². The molecule has 1 rings (SSSR count). The summed E-state index contributed by atoms with van der Waals surface area (Å²) in [6.07, 6.45) is 9.58. The van der Waals surface area contributed by atoms with Crippen molar-refractivity contribution in [2.45, 2.75) is 65.1 Å². The van der Waals surface area contributed by atoms with E-state index in [0.717, 1.165) is 36.3 Å². The molecule has 0 bridgehead atoms. The van der Waals surface area contributed by atoms with E-state index < -0.39 is 8.32 Å². The molecule has 0 fully saturated rings. The minimum absolute atomic E-state index is 0.188. The number of ketones is 1. The van der Waals surface area contributed by atoms with Gasteiger partial charge in [0.2, 0.25) is 8.32 Å². The summed E-state index contributed by atoms with van der Waals surface area (Å²) in [5.74, 6) is 1.73. The Morgan fingerprint density at radius 3 is 2.54 bits per heavy atom. The summed E-state index contributed by atoms with van der Waals surface area (Å²) < 4.78 is 11.5. The van der Waals surface area contributed by atoms with Crippen molar-refractivity contribution in [1.82, 2.24) is 0 Å². The van der Waals surface area contributed by atoms with Gasteiger partial charge in [-0.2, -0.15) is 0 Å². The van der Waals surface area contributed by atoms with Gasteiger partial charge in [0.25, 0.3) is 0 Å². The van der Waals surface area contributed by atoms with Gasteiger partial charge in [0, 0.05) is 6.42 Å². The maximum atomic E-state index is 11.9. The highest BCUT2D eigenvalue weighted by Crippen LogP contribution is 2.30. The zero-order chi connectivity index (χ0) is 18.0. The Hall–Kier alpha value is -1.55. The van der Waals surface area contributed by atoms with Crippen LogP contribution in [0.5, 0.6) is 11.5 Å². The van der Waals surface area contributed by atoms with Gasteiger partial charge in [0.05, 0.1) is 7.11 Å². The van der Waals surface area contributed by atoms with Crippen molar-refractivity contribution in [1.29, 1.82) is 0 Å². The lowest BCUT2D eigenvalue weighted by atomic mass is 10.1. The van der Waals surface area contributed by atoms with Crippen molar-refractivity contribution in [3.8, 4) is 11.5 Å². The molecule has 0 aliphatic heterocycles. The molecule has 0 atom stereocenters. The minimum atomic E-state index is -1.67. The van der Waals surface area contributed by atoms with Crippen LogP contribution in [-0.4, -0.2) is 21.2 Å². The number of aryl methyl sites for hydroxylation is 1. The van der Waals surface area contributed by atoms with Gasteiger partial charge in [-0.1, -0.05) is 31.9 Å². The van der Waals surface area contributed by atoms with E-state index in [-0.39, 0.29) is 5.78 Å². The lowest BCUT2D eigenvalue weighted by molar-refractivity contribution is -0.114. The molecule has 0 radical (unpaired) electrons. The third kappa shape index (κ3) is 8.34. The van der Waals surface area contributed by atoms with E-state index in [1.54, 1.807) is 13.2 Å². The van der Waals surface area contributed by atoms with Crippen molar-refractivity contribution >= 4 is 14.1 Å². The molecule has 0 aromatic heterocycles. The van der Waals surface area contributed by atoms with Crippen LogP contribution >= 0.6 is 0 Å². The van der Waals surface area contributed by atoms with Crippen molar-refractivity contribution < 1.29 is 14.0 Å². The molecule has 134 valence electrons. The Morgan fingerprint density at radius 1 is 1.17 bits per heavy atom. The fourth-order valence-electron chi connectivity index (χ4n) is 2.36. The Kier molecular flexibility index (Phi) is 8.83. The highest BCUT2D eigenvalue weighted by molar-refractivity contribution is 6.70. The van der Waals surface area contributed by atoms with Gasteiger partial charge in [0.1, 0.15) is 5.75 Å². The molecule has 3 nitrogen and oxygen atoms in total. The summed E-state index contributed by atoms with van der Waals surface area (Å²) in [6.45, 7) is 8.62. The topological polar surface area (TPSA) is 35.5 Å². The van der Waals surface area contributed by atoms with Gasteiger partial charge in [-0.05, 0) is 62.7 Å². The summed E-state index contributed by atoms with van der Waals surface area (Å²) >= 11 is 0. The Balaban J connectivity index is 2.55. The highest BCUT2D eigenvalue weighted by Gasteiger charge is 2.18. The summed E-state index contributed by atoms with van der Waals surface area (Å²) in [5, 5.41) is 0. The van der Waals surface area contributed by atoms with Crippen LogP contribution in [0.3, 0.4) is 0 Å². The largest absolute Gasteiger partial charge is 0.542 e. The molecule has 0 N–H and O–H groups in total. The number of benzene rings is 1. The molecule has 1 aromatic rings. The van der Waals surface area contributed by atoms with Crippen LogP contribution < -0.4 is 9.16 Å². The molecule has 24 heavy (non-hydrogen) atoms. The average molecular weight is 349 g/mol. The van der Waals surface area contributed by atoms with E-state index in [0.29, 0.717) is 6.42 Å². The molecule has 0 aliphatic rings. The fraction of sp³-hybridized carbons (Fsp3) is 0.550. The maximum Gasteiger partial charge on any atom is 0.242 e. The summed E-state index contributed by atoms with van der Waals surface area (Å²) in [4.78, 5) is 11.9. The number of rotatable bonds is 11. The predicted molar refractivity (Wildman–Crippen MR) is 104 cm³/mol. The number of methoxy groups -OCH3 is 1. The second-order valence-electron chi connectivity index (χ2n) is 7.06. The molecule has 1 aromatic carbocycles. The van der Waals surface area contributed by atoms with Gasteiger partial charge < -0.3 is 9.16 Å². The number of hydrogen-bond donors (Lipinski definition) is 0. The first-order valence-corrected chi connectivity index (χ1v) is 12.3. The molecule has 0 amide bonds. The number of allylic oxidation sites excluding steroid dienone is 2. The first kappa shape index (κ1) is 20.5. The van der Waals surface area contributed by atoms with E-state index in [4.69, 9.17) is 9.16 Å². The molecule has 0 saturated heterocycles. The SMILES string of the molecule is CCCCC/C=C/C(=O)CCc1ccc(O[Si](C)(C)C)c(OC)c1. The number of unbranched alkanes of at least 4 members (excludes halogenated alkanes) is 3. The Bertz CT molecular complexity index is 544. The second kappa shape index (κ2) is 10.3. The second-order valence-corrected chi connectivity index (χ2v) is 11.5. The van der Waals surface area contributed by atoms with Crippen molar-refractivity contribution in [2.75, 3.05) is 7.11 Å². The summed E-state index contributed by atoms with van der Waals surface area (Å²) in [6, 6.07) is 5.96. The normalized spacial score (nSPS) is 11.7. The molecule has 0 heterocycles. The number of carbonyl (C=O) groups is 1. The smallest absolute Gasteiger partial charge is 0.242 e. The van der Waals surface area contributed by atoms with Gasteiger partial charge >= 0.3 is 0 Å². The molecular weight excluding hydrogens is 316 g/mol. The minimum Gasteiger partial charge on any atom is -0.542 e. The quantitative estimate of drug-likeness (QED) is 0.299. The molecule has 0 aliphatic carbocycles. The van der Waals surface area contributed by atoms with Crippen LogP contribution in [0.15, 0.2) is 30.4 Å². The molecule has 0 saturated carbocycles. The van der Waals surface area contributed by atoms with Gasteiger partial charge in [-0.3, -0.25) is 4.79 Å². The lowest BCUT2D eigenvalue weighted by Crippen LogP contribution is -2.29. The van der Waals surface area contributed by atoms with Gasteiger partial charge in [0.15, 0.2) is 11.5 Å². The predicted octanol–water partition coefficient (Wildman–Crippen LogP) is 5.55. The zero-order valence-electron chi connectivity index (χ0n) is 15.9. The van der Waals surface area contributed by atoms with Crippen LogP contribution in [-0.2, 0) is 11.2 Å². The van der Waals surface area contributed by atoms with Crippen LogP contribution in [0, 0.1) is 0 Å². The molecule has 0 unspecified atom stereocenters. The summed E-state index contributed by atoms with van der Waals surface area (Å²) in [5.41, 5.74) is 1.10. The third-order valence-electron chi connectivity index (χ3n) is 3.58. The Morgan fingerprint density at radius 2 is 1.92 bits per heavy atom. The highest BCUT2D eigenvalue weighted by atomic mass is 28.4. The number of ether oxygens (including phenoxy) is 1. The van der Waals surface area contributed by atoms with Crippen molar-refractivity contribution in [3.63, 3.8) is 0 Å². The van der Waals surface area contributed by atoms with E-state index in [1.807, 2.05) is 24.3 Å². The monoisotopic (exact) mass is 348 g/mol. The van der Waals surface area contributed by atoms with E-state index >= 15 is 0 Å². The van der Waals surface area contributed by atoms with Crippen LogP contribution in [0.2, 0.25) is 19.6 Å². The zero-order valence-corrected chi connectivity index (χ0v) is 16.9. The first-order valence-electron chi connectivity index (χ1n) is 8.91. The third-order valence-corrected chi connectivity index (χ3v) is 4.41. The van der Waals surface area contributed by atoms with Crippen LogP contribution in [0.25, 0.3) is 0 Å². The molecular formula is C20H32O3Si. The maximum absolute atomic E-state index is 11.9. The van der Waals surface area contributed by atoms with Crippen molar-refractivity contribution in [3.05, 3.63) is 35.9 Å². The molecule has 0 spiro atoms. The number of carbonyl (C=O) groups excluding carboxylic acids is 1. The van der Waals surface area contributed by atoms with Gasteiger partial charge in [-0.15, -0.1) is 0 Å². The van der Waals surface area contributed by atoms with Gasteiger partial charge in [-0.25, -0.2) is 0 Å². The fourth-order valence-corrected chi connectivity index (χ4v) is 3.19. The lowest BCUT2D eigenvalue weighted by Gasteiger charge is -2.21. The average Bonchev–Trinajstić information content (AvgIpc) is 2.52. The van der Waals surface area contributed by atoms with E-state index in [2.05, 4.69) is 26.6 Å². The van der Waals surface area contributed by atoms with Crippen LogP contribution in [0.4, 0.5) is 0 Å². The Labute approximate surface area is 148 Å². The van der Waals surface area contributed by atoms with Crippen LogP contribution in [0.1, 0.15) is 44.6 Å². The van der Waals surface area contributed by atoms with E-state index in [1.165, 1.54) is 12.8 Å². The summed E-state index contributed by atoms with van der Waals surface area (Å²) in [7, 11) is -0.0144. The first-order chi connectivity index (χ1) is 11.4.